The Kier molecular flexibility index (Phi) is 3.77. The largest absolute Gasteiger partial charge is 0.296 e. The number of rotatable bonds is 2. The lowest BCUT2D eigenvalue weighted by Gasteiger charge is -2.11. The quantitative estimate of drug-likeness (QED) is 0.832. The van der Waals surface area contributed by atoms with Gasteiger partial charge in [0.05, 0.1) is 5.92 Å². The highest BCUT2D eigenvalue weighted by atomic mass is 19.1. The number of imide groups is 1. The average Bonchev–Trinajstić information content (AvgIpc) is 2.20. The van der Waals surface area contributed by atoms with E-state index >= 15 is 0 Å². The van der Waals surface area contributed by atoms with Gasteiger partial charge in [0.15, 0.2) is 0 Å². The monoisotopic (exact) mass is 223 g/mol. The number of halogens is 1. The number of nitrogens with one attached hydrogen (secondary N) is 1. The van der Waals surface area contributed by atoms with E-state index in [4.69, 9.17) is 0 Å². The Bertz CT molecular complexity index is 429. The number of hydrogen-bond acceptors (Lipinski definition) is 2. The highest BCUT2D eigenvalue weighted by Crippen LogP contribution is 2.18. The van der Waals surface area contributed by atoms with Gasteiger partial charge in [0.2, 0.25) is 11.8 Å². The Morgan fingerprint density at radius 2 is 2.00 bits per heavy atom. The summed E-state index contributed by atoms with van der Waals surface area (Å²) >= 11 is 0. The molecule has 1 aromatic carbocycles. The van der Waals surface area contributed by atoms with Crippen LogP contribution in [0, 0.1) is 12.7 Å². The molecule has 0 fully saturated rings. The van der Waals surface area contributed by atoms with Gasteiger partial charge in [0.1, 0.15) is 5.82 Å². The lowest BCUT2D eigenvalue weighted by Crippen LogP contribution is -2.31. The summed E-state index contributed by atoms with van der Waals surface area (Å²) in [6.07, 6.45) is 0. The molecular formula is C12H14FNO2. The predicted octanol–water partition coefficient (Wildman–Crippen LogP) is 1.90. The molecule has 16 heavy (non-hydrogen) atoms. The van der Waals surface area contributed by atoms with Crippen molar-refractivity contribution in [1.82, 2.24) is 5.32 Å². The van der Waals surface area contributed by atoms with E-state index in [-0.39, 0.29) is 5.82 Å². The fourth-order valence-corrected chi connectivity index (χ4v) is 1.31. The molecule has 0 aliphatic heterocycles. The fourth-order valence-electron chi connectivity index (χ4n) is 1.31. The maximum Gasteiger partial charge on any atom is 0.233 e. The van der Waals surface area contributed by atoms with Gasteiger partial charge in [-0.05, 0) is 31.0 Å². The molecule has 0 aliphatic carbocycles. The van der Waals surface area contributed by atoms with Crippen molar-refractivity contribution in [2.24, 2.45) is 0 Å². The Morgan fingerprint density at radius 1 is 1.38 bits per heavy atom. The van der Waals surface area contributed by atoms with Gasteiger partial charge >= 0.3 is 0 Å². The third-order valence-corrected chi connectivity index (χ3v) is 2.39. The third-order valence-electron chi connectivity index (χ3n) is 2.39. The fraction of sp³-hybridized carbons (Fsp3) is 0.333. The molecule has 4 heteroatoms. The molecule has 3 nitrogen and oxygen atoms in total. The Hall–Kier alpha value is -1.71. The topological polar surface area (TPSA) is 46.2 Å². The maximum absolute atomic E-state index is 13.3. The molecule has 1 rings (SSSR count). The average molecular weight is 223 g/mol. The molecule has 0 heterocycles. The number of aryl methyl sites for hydroxylation is 1. The van der Waals surface area contributed by atoms with E-state index in [0.717, 1.165) is 0 Å². The van der Waals surface area contributed by atoms with E-state index in [0.29, 0.717) is 11.1 Å². The molecule has 1 aromatic rings. The normalized spacial score (nSPS) is 12.0. The van der Waals surface area contributed by atoms with Crippen LogP contribution in [0.3, 0.4) is 0 Å². The van der Waals surface area contributed by atoms with Crippen molar-refractivity contribution < 1.29 is 14.0 Å². The van der Waals surface area contributed by atoms with E-state index in [1.54, 1.807) is 26.0 Å². The number of hydrogen-bond donors (Lipinski definition) is 1. The standard InChI is InChI=1S/C12H14FNO2/c1-7-4-5-10(6-11(7)13)8(2)12(16)14-9(3)15/h4-6,8H,1-3H3,(H,14,15,16). The Labute approximate surface area is 93.7 Å². The van der Waals surface area contributed by atoms with E-state index in [1.165, 1.54) is 13.0 Å². The summed E-state index contributed by atoms with van der Waals surface area (Å²) in [6, 6.07) is 4.62. The molecule has 0 spiro atoms. The molecular weight excluding hydrogens is 209 g/mol. The van der Waals surface area contributed by atoms with Crippen molar-refractivity contribution in [3.63, 3.8) is 0 Å². The second-order valence-electron chi connectivity index (χ2n) is 3.78. The van der Waals surface area contributed by atoms with Crippen LogP contribution in [0.2, 0.25) is 0 Å². The Balaban J connectivity index is 2.87. The van der Waals surface area contributed by atoms with Crippen LogP contribution < -0.4 is 5.32 Å². The smallest absolute Gasteiger partial charge is 0.233 e. The third kappa shape index (κ3) is 2.89. The first-order valence-corrected chi connectivity index (χ1v) is 4.99. The van der Waals surface area contributed by atoms with Gasteiger partial charge in [-0.25, -0.2) is 4.39 Å². The molecule has 1 unspecified atom stereocenters. The molecule has 0 aromatic heterocycles. The van der Waals surface area contributed by atoms with Gasteiger partial charge in [-0.3, -0.25) is 14.9 Å². The van der Waals surface area contributed by atoms with Crippen LogP contribution in [0.25, 0.3) is 0 Å². The highest BCUT2D eigenvalue weighted by molar-refractivity contribution is 5.97. The zero-order chi connectivity index (χ0) is 12.3. The lowest BCUT2D eigenvalue weighted by atomic mass is 9.99. The van der Waals surface area contributed by atoms with Gasteiger partial charge in [-0.2, -0.15) is 0 Å². The summed E-state index contributed by atoms with van der Waals surface area (Å²) in [5, 5.41) is 2.17. The molecule has 1 N–H and O–H groups in total. The van der Waals surface area contributed by atoms with Crippen molar-refractivity contribution in [2.45, 2.75) is 26.7 Å². The van der Waals surface area contributed by atoms with Gasteiger partial charge in [0.25, 0.3) is 0 Å². The molecule has 0 aliphatic rings. The predicted molar refractivity (Wildman–Crippen MR) is 58.4 cm³/mol. The summed E-state index contributed by atoms with van der Waals surface area (Å²) in [5.74, 6) is -1.72. The van der Waals surface area contributed by atoms with E-state index < -0.39 is 17.7 Å². The molecule has 0 bridgehead atoms. The summed E-state index contributed by atoms with van der Waals surface area (Å²) in [5.41, 5.74) is 1.09. The highest BCUT2D eigenvalue weighted by Gasteiger charge is 2.16. The minimum atomic E-state index is -0.543. The summed E-state index contributed by atoms with van der Waals surface area (Å²) in [6.45, 7) is 4.54. The lowest BCUT2D eigenvalue weighted by molar-refractivity contribution is -0.129. The van der Waals surface area contributed by atoms with Gasteiger partial charge in [0, 0.05) is 6.92 Å². The van der Waals surface area contributed by atoms with Crippen LogP contribution in [0.15, 0.2) is 18.2 Å². The van der Waals surface area contributed by atoms with Crippen molar-refractivity contribution in [3.8, 4) is 0 Å². The number of benzene rings is 1. The zero-order valence-corrected chi connectivity index (χ0v) is 9.50. The summed E-state index contributed by atoms with van der Waals surface area (Å²) < 4.78 is 13.3. The summed E-state index contributed by atoms with van der Waals surface area (Å²) in [4.78, 5) is 22.2. The van der Waals surface area contributed by atoms with Gasteiger partial charge < -0.3 is 0 Å². The van der Waals surface area contributed by atoms with Crippen molar-refractivity contribution in [1.29, 1.82) is 0 Å². The SMILES string of the molecule is CC(=O)NC(=O)C(C)c1ccc(C)c(F)c1. The van der Waals surface area contributed by atoms with Crippen LogP contribution in [0.1, 0.15) is 30.9 Å². The first-order chi connectivity index (χ1) is 7.41. The van der Waals surface area contributed by atoms with Crippen LogP contribution in [-0.4, -0.2) is 11.8 Å². The van der Waals surface area contributed by atoms with Crippen LogP contribution in [0.4, 0.5) is 4.39 Å². The first-order valence-electron chi connectivity index (χ1n) is 4.99. The van der Waals surface area contributed by atoms with Crippen molar-refractivity contribution in [3.05, 3.63) is 35.1 Å². The number of carbonyl (C=O) groups is 2. The van der Waals surface area contributed by atoms with Crippen molar-refractivity contribution >= 4 is 11.8 Å². The second kappa shape index (κ2) is 4.88. The number of amides is 2. The van der Waals surface area contributed by atoms with Crippen LogP contribution >= 0.6 is 0 Å². The van der Waals surface area contributed by atoms with Crippen LogP contribution in [0.5, 0.6) is 0 Å². The van der Waals surface area contributed by atoms with E-state index in [9.17, 15) is 14.0 Å². The van der Waals surface area contributed by atoms with Crippen LogP contribution in [-0.2, 0) is 9.59 Å². The summed E-state index contributed by atoms with van der Waals surface area (Å²) in [7, 11) is 0. The van der Waals surface area contributed by atoms with Gasteiger partial charge in [-0.1, -0.05) is 12.1 Å². The maximum atomic E-state index is 13.3. The molecule has 1 atom stereocenters. The minimum absolute atomic E-state index is 0.347. The molecule has 86 valence electrons. The van der Waals surface area contributed by atoms with E-state index in [2.05, 4.69) is 5.32 Å². The van der Waals surface area contributed by atoms with Crippen molar-refractivity contribution in [2.75, 3.05) is 0 Å². The zero-order valence-electron chi connectivity index (χ0n) is 9.50. The second-order valence-corrected chi connectivity index (χ2v) is 3.78. The number of carbonyl (C=O) groups excluding carboxylic acids is 2. The minimum Gasteiger partial charge on any atom is -0.296 e. The molecule has 0 radical (unpaired) electrons. The molecule has 0 saturated carbocycles. The molecule has 2 amide bonds. The first kappa shape index (κ1) is 12.4. The van der Waals surface area contributed by atoms with E-state index in [1.807, 2.05) is 0 Å². The molecule has 0 saturated heterocycles. The Morgan fingerprint density at radius 3 is 2.50 bits per heavy atom. The van der Waals surface area contributed by atoms with Gasteiger partial charge in [-0.15, -0.1) is 0 Å².